The Morgan fingerprint density at radius 2 is 1.77 bits per heavy atom. The summed E-state index contributed by atoms with van der Waals surface area (Å²) in [5.74, 6) is 2.08. The van der Waals surface area contributed by atoms with Gasteiger partial charge in [0, 0.05) is 17.3 Å². The van der Waals surface area contributed by atoms with Gasteiger partial charge in [-0.15, -0.1) is 0 Å². The van der Waals surface area contributed by atoms with Crippen molar-refractivity contribution in [2.45, 2.75) is 65.0 Å². The van der Waals surface area contributed by atoms with Crippen molar-refractivity contribution in [3.05, 3.63) is 36.0 Å². The molecule has 0 unspecified atom stereocenters. The van der Waals surface area contributed by atoms with Crippen LogP contribution >= 0.6 is 0 Å². The zero-order valence-corrected chi connectivity index (χ0v) is 18.4. The first-order chi connectivity index (χ1) is 14.3. The molecule has 2 aromatic heterocycles. The molecule has 7 nitrogen and oxygen atoms in total. The summed E-state index contributed by atoms with van der Waals surface area (Å²) < 4.78 is 2.28. The van der Waals surface area contributed by atoms with Gasteiger partial charge in [0.15, 0.2) is 5.65 Å². The highest BCUT2D eigenvalue weighted by Crippen LogP contribution is 2.36. The molecule has 0 amide bonds. The Morgan fingerprint density at radius 3 is 2.40 bits per heavy atom. The predicted octanol–water partition coefficient (Wildman–Crippen LogP) is 4.78. The van der Waals surface area contributed by atoms with Gasteiger partial charge < -0.3 is 16.4 Å². The number of rotatable bonds is 5. The maximum absolute atomic E-state index is 5.92. The van der Waals surface area contributed by atoms with Gasteiger partial charge in [0.25, 0.3) is 0 Å². The van der Waals surface area contributed by atoms with Gasteiger partial charge in [-0.3, -0.25) is 4.57 Å². The van der Waals surface area contributed by atoms with E-state index in [0.29, 0.717) is 17.9 Å². The normalized spacial score (nSPS) is 19.8. The summed E-state index contributed by atoms with van der Waals surface area (Å²) >= 11 is 0. The fourth-order valence-electron chi connectivity index (χ4n) is 4.13. The first kappa shape index (κ1) is 20.6. The van der Waals surface area contributed by atoms with Gasteiger partial charge in [-0.2, -0.15) is 4.98 Å². The number of benzene rings is 1. The zero-order chi connectivity index (χ0) is 21.3. The summed E-state index contributed by atoms with van der Waals surface area (Å²) in [6.07, 6.45) is 6.27. The van der Waals surface area contributed by atoms with Gasteiger partial charge >= 0.3 is 0 Å². The first-order valence-electron chi connectivity index (χ1n) is 10.9. The zero-order valence-electron chi connectivity index (χ0n) is 18.4. The molecule has 0 atom stereocenters. The predicted molar refractivity (Wildman–Crippen MR) is 123 cm³/mol. The van der Waals surface area contributed by atoms with Crippen molar-refractivity contribution in [3.63, 3.8) is 0 Å². The maximum atomic E-state index is 5.92. The van der Waals surface area contributed by atoms with Gasteiger partial charge in [0.2, 0.25) is 11.9 Å². The summed E-state index contributed by atoms with van der Waals surface area (Å²) in [6, 6.07) is 8.73. The van der Waals surface area contributed by atoms with Gasteiger partial charge in [-0.05, 0) is 78.0 Å². The quantitative estimate of drug-likeness (QED) is 0.564. The summed E-state index contributed by atoms with van der Waals surface area (Å²) in [7, 11) is 0. The number of hydrogen-bond donors (Lipinski definition) is 3. The number of fused-ring (bicyclic) bond motifs is 1. The molecule has 1 aliphatic rings. The lowest BCUT2D eigenvalue weighted by atomic mass is 9.86. The van der Waals surface area contributed by atoms with E-state index < -0.39 is 0 Å². The van der Waals surface area contributed by atoms with E-state index in [1.165, 1.54) is 5.56 Å². The first-order valence-corrected chi connectivity index (χ1v) is 10.9. The summed E-state index contributed by atoms with van der Waals surface area (Å²) in [6.45, 7) is 9.19. The van der Waals surface area contributed by atoms with Crippen LogP contribution < -0.4 is 16.4 Å². The lowest BCUT2D eigenvalue weighted by molar-refractivity contribution is 0.284. The molecule has 2 heterocycles. The van der Waals surface area contributed by atoms with E-state index in [1.807, 2.05) is 6.20 Å². The monoisotopic (exact) mass is 407 g/mol. The Kier molecular flexibility index (Phi) is 5.64. The van der Waals surface area contributed by atoms with E-state index in [9.17, 15) is 0 Å². The Bertz CT molecular complexity index is 993. The molecule has 7 heteroatoms. The number of anilines is 3. The second kappa shape index (κ2) is 8.22. The van der Waals surface area contributed by atoms with Crippen LogP contribution in [0.3, 0.4) is 0 Å². The molecule has 1 aromatic carbocycles. The number of imidazole rings is 1. The van der Waals surface area contributed by atoms with Crippen molar-refractivity contribution < 1.29 is 0 Å². The van der Waals surface area contributed by atoms with Crippen LogP contribution in [0.4, 0.5) is 17.6 Å². The fraction of sp³-hybridized carbons (Fsp3) is 0.522. The molecule has 1 saturated carbocycles. The summed E-state index contributed by atoms with van der Waals surface area (Å²) in [5.41, 5.74) is 9.75. The molecule has 1 fully saturated rings. The average Bonchev–Trinajstić information content (AvgIpc) is 3.05. The molecule has 0 saturated heterocycles. The molecule has 4 rings (SSSR count). The van der Waals surface area contributed by atoms with E-state index in [-0.39, 0.29) is 5.54 Å². The Labute approximate surface area is 178 Å². The standard InChI is InChI=1S/C23H33N7/c1-15-5-9-17(10-6-15)26-22-27-19-14-25-21(29-23(2,3)4)28-20(19)30(22)18-11-7-16(13-24)8-12-18/h5-6,9-10,14,16,18H,7-8,11-13,24H2,1-4H3,(H,26,27)(H,25,28,29)/t16-,18-. The second-order valence-corrected chi connectivity index (χ2v) is 9.48. The van der Waals surface area contributed by atoms with Crippen molar-refractivity contribution in [2.24, 2.45) is 11.7 Å². The molecular weight excluding hydrogens is 374 g/mol. The van der Waals surface area contributed by atoms with Crippen LogP contribution in [0.5, 0.6) is 0 Å². The molecule has 4 N–H and O–H groups in total. The third-order valence-corrected chi connectivity index (χ3v) is 5.74. The van der Waals surface area contributed by atoms with Crippen molar-refractivity contribution in [3.8, 4) is 0 Å². The minimum atomic E-state index is -0.110. The van der Waals surface area contributed by atoms with Gasteiger partial charge in [-0.25, -0.2) is 9.97 Å². The molecule has 160 valence electrons. The van der Waals surface area contributed by atoms with Crippen LogP contribution in [0.1, 0.15) is 58.1 Å². The smallest absolute Gasteiger partial charge is 0.225 e. The molecule has 0 spiro atoms. The lowest BCUT2D eigenvalue weighted by Gasteiger charge is -2.30. The minimum Gasteiger partial charge on any atom is -0.350 e. The van der Waals surface area contributed by atoms with Crippen LogP contribution in [0.2, 0.25) is 0 Å². The van der Waals surface area contributed by atoms with Crippen LogP contribution in [-0.4, -0.2) is 31.6 Å². The molecule has 1 aliphatic carbocycles. The van der Waals surface area contributed by atoms with Crippen LogP contribution in [0.25, 0.3) is 11.2 Å². The van der Waals surface area contributed by atoms with Crippen molar-refractivity contribution >= 4 is 28.7 Å². The summed E-state index contributed by atoms with van der Waals surface area (Å²) in [5, 5.41) is 6.90. The van der Waals surface area contributed by atoms with Crippen molar-refractivity contribution in [1.29, 1.82) is 0 Å². The van der Waals surface area contributed by atoms with E-state index in [4.69, 9.17) is 15.7 Å². The number of nitrogens with zero attached hydrogens (tertiary/aromatic N) is 4. The topological polar surface area (TPSA) is 93.7 Å². The largest absolute Gasteiger partial charge is 0.350 e. The number of hydrogen-bond acceptors (Lipinski definition) is 6. The van der Waals surface area contributed by atoms with E-state index >= 15 is 0 Å². The third-order valence-electron chi connectivity index (χ3n) is 5.74. The highest BCUT2D eigenvalue weighted by atomic mass is 15.3. The summed E-state index contributed by atoms with van der Waals surface area (Å²) in [4.78, 5) is 14.2. The molecule has 0 bridgehead atoms. The average molecular weight is 408 g/mol. The van der Waals surface area contributed by atoms with Crippen LogP contribution in [-0.2, 0) is 0 Å². The van der Waals surface area contributed by atoms with Gasteiger partial charge in [0.05, 0.1) is 6.20 Å². The third kappa shape index (κ3) is 4.56. The molecule has 30 heavy (non-hydrogen) atoms. The SMILES string of the molecule is Cc1ccc(Nc2nc3cnc(NC(C)(C)C)nc3n2[C@H]2CC[C@H](CN)CC2)cc1. The Morgan fingerprint density at radius 1 is 1.07 bits per heavy atom. The minimum absolute atomic E-state index is 0.110. The lowest BCUT2D eigenvalue weighted by Crippen LogP contribution is -2.27. The molecule has 0 aliphatic heterocycles. The number of nitrogens with one attached hydrogen (secondary N) is 2. The van der Waals surface area contributed by atoms with Crippen LogP contribution in [0, 0.1) is 12.8 Å². The van der Waals surface area contributed by atoms with Crippen molar-refractivity contribution in [2.75, 3.05) is 17.2 Å². The number of nitrogens with two attached hydrogens (primary N) is 1. The molecule has 3 aromatic rings. The van der Waals surface area contributed by atoms with E-state index in [2.05, 4.69) is 72.1 Å². The van der Waals surface area contributed by atoms with E-state index in [1.54, 1.807) is 0 Å². The Balaban J connectivity index is 1.74. The highest BCUT2D eigenvalue weighted by molar-refractivity contribution is 5.76. The highest BCUT2D eigenvalue weighted by Gasteiger charge is 2.26. The molecular formula is C23H33N7. The maximum Gasteiger partial charge on any atom is 0.225 e. The van der Waals surface area contributed by atoms with Gasteiger partial charge in [-0.1, -0.05) is 17.7 Å². The number of aryl methyl sites for hydroxylation is 1. The number of aromatic nitrogens is 4. The molecule has 0 radical (unpaired) electrons. The van der Waals surface area contributed by atoms with E-state index in [0.717, 1.165) is 55.0 Å². The second-order valence-electron chi connectivity index (χ2n) is 9.48. The van der Waals surface area contributed by atoms with Gasteiger partial charge in [0.1, 0.15) is 5.52 Å². The van der Waals surface area contributed by atoms with Crippen molar-refractivity contribution in [1.82, 2.24) is 19.5 Å². The van der Waals surface area contributed by atoms with Crippen LogP contribution in [0.15, 0.2) is 30.5 Å². The Hall–Kier alpha value is -2.67. The fourth-order valence-corrected chi connectivity index (χ4v) is 4.13.